The number of hydrogen-bond donors (Lipinski definition) is 1. The van der Waals surface area contributed by atoms with Crippen LogP contribution >= 0.6 is 0 Å². The third-order valence-electron chi connectivity index (χ3n) is 3.41. The predicted octanol–water partition coefficient (Wildman–Crippen LogP) is 2.12. The average Bonchev–Trinajstić information content (AvgIpc) is 2.96. The fraction of sp³-hybridized carbons (Fsp3) is 0.769. The molecule has 4 nitrogen and oxygen atoms in total. The first-order valence-corrected chi connectivity index (χ1v) is 6.55. The highest BCUT2D eigenvalue weighted by Crippen LogP contribution is 2.16. The molecule has 1 aromatic heterocycles. The van der Waals surface area contributed by atoms with Crippen molar-refractivity contribution in [1.29, 1.82) is 0 Å². The summed E-state index contributed by atoms with van der Waals surface area (Å²) in [4.78, 5) is 4.40. The standard InChI is InChI=1S/C13H23N3O/c1-10(2)16-7-6-14-13(16)9-15-11(3)12-5-4-8-17-12/h6-7,10-12,15H,4-5,8-9H2,1-3H3/t11-,12+/m1/s1. The molecule has 1 N–H and O–H groups in total. The molecule has 2 heterocycles. The smallest absolute Gasteiger partial charge is 0.122 e. The van der Waals surface area contributed by atoms with E-state index in [1.54, 1.807) is 0 Å². The van der Waals surface area contributed by atoms with Crippen molar-refractivity contribution in [3.63, 3.8) is 0 Å². The lowest BCUT2D eigenvalue weighted by Crippen LogP contribution is -2.37. The Hall–Kier alpha value is -0.870. The second-order valence-electron chi connectivity index (χ2n) is 5.07. The Kier molecular flexibility index (Phi) is 4.18. The van der Waals surface area contributed by atoms with E-state index in [0.717, 1.165) is 19.0 Å². The van der Waals surface area contributed by atoms with Crippen molar-refractivity contribution in [3.05, 3.63) is 18.2 Å². The number of nitrogens with one attached hydrogen (secondary N) is 1. The van der Waals surface area contributed by atoms with E-state index >= 15 is 0 Å². The summed E-state index contributed by atoms with van der Waals surface area (Å²) in [5, 5.41) is 3.51. The van der Waals surface area contributed by atoms with Crippen molar-refractivity contribution >= 4 is 0 Å². The molecule has 4 heteroatoms. The van der Waals surface area contributed by atoms with Gasteiger partial charge in [-0.1, -0.05) is 0 Å². The zero-order valence-corrected chi connectivity index (χ0v) is 11.0. The van der Waals surface area contributed by atoms with E-state index in [1.165, 1.54) is 12.8 Å². The Balaban J connectivity index is 1.86. The first-order valence-electron chi connectivity index (χ1n) is 6.55. The van der Waals surface area contributed by atoms with Gasteiger partial charge in [-0.25, -0.2) is 4.98 Å². The summed E-state index contributed by atoms with van der Waals surface area (Å²) in [5.41, 5.74) is 0. The number of hydrogen-bond acceptors (Lipinski definition) is 3. The van der Waals surface area contributed by atoms with E-state index in [4.69, 9.17) is 4.74 Å². The van der Waals surface area contributed by atoms with Gasteiger partial charge in [0.05, 0.1) is 12.6 Å². The van der Waals surface area contributed by atoms with E-state index in [2.05, 4.69) is 35.6 Å². The monoisotopic (exact) mass is 237 g/mol. The molecule has 2 atom stereocenters. The fourth-order valence-corrected chi connectivity index (χ4v) is 2.33. The van der Waals surface area contributed by atoms with E-state index < -0.39 is 0 Å². The molecule has 0 amide bonds. The van der Waals surface area contributed by atoms with Crippen molar-refractivity contribution in [3.8, 4) is 0 Å². The number of nitrogens with zero attached hydrogens (tertiary/aromatic N) is 2. The van der Waals surface area contributed by atoms with Gasteiger partial charge in [-0.05, 0) is 33.6 Å². The number of rotatable bonds is 5. The lowest BCUT2D eigenvalue weighted by Gasteiger charge is -2.20. The van der Waals surface area contributed by atoms with E-state index in [1.807, 2.05) is 12.4 Å². The minimum atomic E-state index is 0.373. The molecule has 0 bridgehead atoms. The number of imidazole rings is 1. The number of aromatic nitrogens is 2. The molecule has 0 radical (unpaired) electrons. The third kappa shape index (κ3) is 3.07. The summed E-state index contributed by atoms with van der Waals surface area (Å²) in [5.74, 6) is 1.10. The van der Waals surface area contributed by atoms with Crippen LogP contribution in [-0.2, 0) is 11.3 Å². The topological polar surface area (TPSA) is 39.1 Å². The normalized spacial score (nSPS) is 22.2. The van der Waals surface area contributed by atoms with Gasteiger partial charge in [0.1, 0.15) is 5.82 Å². The molecule has 0 unspecified atom stereocenters. The molecule has 96 valence electrons. The molecular formula is C13H23N3O. The predicted molar refractivity (Wildman–Crippen MR) is 67.9 cm³/mol. The van der Waals surface area contributed by atoms with Gasteiger partial charge >= 0.3 is 0 Å². The van der Waals surface area contributed by atoms with Crippen molar-refractivity contribution in [2.24, 2.45) is 0 Å². The Morgan fingerprint density at radius 3 is 3.00 bits per heavy atom. The molecule has 1 aliphatic rings. The molecule has 1 aliphatic heterocycles. The third-order valence-corrected chi connectivity index (χ3v) is 3.41. The second kappa shape index (κ2) is 5.65. The van der Waals surface area contributed by atoms with E-state index in [9.17, 15) is 0 Å². The Bertz CT molecular complexity index is 342. The molecule has 0 spiro atoms. The van der Waals surface area contributed by atoms with Crippen molar-refractivity contribution in [2.45, 2.75) is 58.3 Å². The molecule has 0 aliphatic carbocycles. The molecule has 2 rings (SSSR count). The first kappa shape index (κ1) is 12.6. The lowest BCUT2D eigenvalue weighted by atomic mass is 10.1. The molecule has 0 aromatic carbocycles. The van der Waals surface area contributed by atoms with Crippen molar-refractivity contribution < 1.29 is 4.74 Å². The molecular weight excluding hydrogens is 214 g/mol. The highest BCUT2D eigenvalue weighted by Gasteiger charge is 2.22. The van der Waals surface area contributed by atoms with Gasteiger partial charge in [0.2, 0.25) is 0 Å². The fourth-order valence-electron chi connectivity index (χ4n) is 2.33. The molecule has 1 saturated heterocycles. The zero-order valence-electron chi connectivity index (χ0n) is 11.0. The van der Waals surface area contributed by atoms with Crippen LogP contribution in [0.25, 0.3) is 0 Å². The number of ether oxygens (including phenoxy) is 1. The van der Waals surface area contributed by atoms with Gasteiger partial charge in [-0.2, -0.15) is 0 Å². The highest BCUT2D eigenvalue weighted by molar-refractivity contribution is 4.94. The zero-order chi connectivity index (χ0) is 12.3. The van der Waals surface area contributed by atoms with Gasteiger partial charge in [-0.3, -0.25) is 0 Å². The summed E-state index contributed by atoms with van der Waals surface area (Å²) in [7, 11) is 0. The first-order chi connectivity index (χ1) is 8.18. The minimum absolute atomic E-state index is 0.373. The highest BCUT2D eigenvalue weighted by atomic mass is 16.5. The van der Waals surface area contributed by atoms with Gasteiger partial charge < -0.3 is 14.6 Å². The van der Waals surface area contributed by atoms with Gasteiger partial charge in [0.25, 0.3) is 0 Å². The summed E-state index contributed by atoms with van der Waals surface area (Å²) >= 11 is 0. The van der Waals surface area contributed by atoms with E-state index in [0.29, 0.717) is 18.2 Å². The maximum Gasteiger partial charge on any atom is 0.122 e. The van der Waals surface area contributed by atoms with Gasteiger partial charge in [-0.15, -0.1) is 0 Å². The Labute approximate surface area is 103 Å². The SMILES string of the molecule is CC(C)n1ccnc1CN[C@H](C)[C@@H]1CCCO1. The van der Waals surface area contributed by atoms with Crippen LogP contribution in [0.2, 0.25) is 0 Å². The van der Waals surface area contributed by atoms with Crippen LogP contribution in [0.1, 0.15) is 45.5 Å². The average molecular weight is 237 g/mol. The van der Waals surface area contributed by atoms with Crippen LogP contribution in [0.4, 0.5) is 0 Å². The Morgan fingerprint density at radius 1 is 1.53 bits per heavy atom. The van der Waals surface area contributed by atoms with Gasteiger partial charge in [0.15, 0.2) is 0 Å². The van der Waals surface area contributed by atoms with Gasteiger partial charge in [0, 0.05) is 31.1 Å². The lowest BCUT2D eigenvalue weighted by molar-refractivity contribution is 0.0828. The van der Waals surface area contributed by atoms with Crippen molar-refractivity contribution in [2.75, 3.05) is 6.61 Å². The second-order valence-corrected chi connectivity index (χ2v) is 5.07. The summed E-state index contributed by atoms with van der Waals surface area (Å²) in [6, 6.07) is 0.863. The summed E-state index contributed by atoms with van der Waals surface area (Å²) < 4.78 is 7.88. The van der Waals surface area contributed by atoms with Crippen LogP contribution in [0.15, 0.2) is 12.4 Å². The molecule has 1 aromatic rings. The molecule has 0 saturated carbocycles. The molecule has 1 fully saturated rings. The van der Waals surface area contributed by atoms with Crippen LogP contribution in [-0.4, -0.2) is 28.3 Å². The van der Waals surface area contributed by atoms with Crippen LogP contribution in [0, 0.1) is 0 Å². The quantitative estimate of drug-likeness (QED) is 0.852. The maximum absolute atomic E-state index is 5.67. The van der Waals surface area contributed by atoms with Crippen LogP contribution < -0.4 is 5.32 Å². The largest absolute Gasteiger partial charge is 0.377 e. The Morgan fingerprint density at radius 2 is 2.35 bits per heavy atom. The van der Waals surface area contributed by atoms with Crippen molar-refractivity contribution in [1.82, 2.24) is 14.9 Å². The minimum Gasteiger partial charge on any atom is -0.377 e. The maximum atomic E-state index is 5.67. The van der Waals surface area contributed by atoms with E-state index in [-0.39, 0.29) is 0 Å². The molecule has 17 heavy (non-hydrogen) atoms. The summed E-state index contributed by atoms with van der Waals surface area (Å²) in [6.07, 6.45) is 6.65. The van der Waals surface area contributed by atoms with Crippen LogP contribution in [0.5, 0.6) is 0 Å². The van der Waals surface area contributed by atoms with Crippen LogP contribution in [0.3, 0.4) is 0 Å². The summed E-state index contributed by atoms with van der Waals surface area (Å²) in [6.45, 7) is 8.27.